The van der Waals surface area contributed by atoms with Crippen molar-refractivity contribution in [3.63, 3.8) is 0 Å². The first kappa shape index (κ1) is 15.1. The van der Waals surface area contributed by atoms with Crippen LogP contribution in [0.3, 0.4) is 0 Å². The Morgan fingerprint density at radius 1 is 0.840 bits per heavy atom. The summed E-state index contributed by atoms with van der Waals surface area (Å²) in [5.74, 6) is 0.394. The van der Waals surface area contributed by atoms with Crippen LogP contribution in [-0.2, 0) is 0 Å². The van der Waals surface area contributed by atoms with Gasteiger partial charge in [0, 0.05) is 21.9 Å². The molecule has 0 aliphatic heterocycles. The zero-order valence-corrected chi connectivity index (χ0v) is 13.4. The molecule has 1 N–H and O–H groups in total. The van der Waals surface area contributed by atoms with Gasteiger partial charge in [0.1, 0.15) is 5.75 Å². The highest BCUT2D eigenvalue weighted by Gasteiger charge is 2.09. The zero-order valence-electron chi connectivity index (χ0n) is 13.4. The number of aromatic amines is 1. The smallest absolute Gasteiger partial charge is 0.200 e. The number of carbonyl (C=O) groups is 1. The van der Waals surface area contributed by atoms with Gasteiger partial charge in [0.05, 0.1) is 5.52 Å². The predicted molar refractivity (Wildman–Crippen MR) is 98.3 cm³/mol. The second-order valence-electron chi connectivity index (χ2n) is 5.78. The van der Waals surface area contributed by atoms with Gasteiger partial charge in [-0.1, -0.05) is 42.5 Å². The summed E-state index contributed by atoms with van der Waals surface area (Å²) < 4.78 is 5.60. The molecular weight excluding hydrogens is 314 g/mol. The summed E-state index contributed by atoms with van der Waals surface area (Å²) in [6.45, 7) is -0.0684. The summed E-state index contributed by atoms with van der Waals surface area (Å²) in [5, 5.41) is 1.18. The predicted octanol–water partition coefficient (Wildman–Crippen LogP) is 3.94. The van der Waals surface area contributed by atoms with Crippen molar-refractivity contribution in [2.45, 2.75) is 0 Å². The van der Waals surface area contributed by atoms with Gasteiger partial charge in [0.25, 0.3) is 0 Å². The maximum Gasteiger partial charge on any atom is 0.200 e. The SMILES string of the molecule is O=C(COc1ccc2[nH]c3ccccc3c(=O)c2c1)c1ccccc1. The van der Waals surface area contributed by atoms with Gasteiger partial charge in [0.15, 0.2) is 17.8 Å². The van der Waals surface area contributed by atoms with E-state index in [9.17, 15) is 9.59 Å². The third-order valence-electron chi connectivity index (χ3n) is 4.14. The van der Waals surface area contributed by atoms with Gasteiger partial charge < -0.3 is 9.72 Å². The van der Waals surface area contributed by atoms with E-state index in [2.05, 4.69) is 4.98 Å². The molecule has 0 saturated carbocycles. The quantitative estimate of drug-likeness (QED) is 0.456. The number of fused-ring (bicyclic) bond motifs is 2. The van der Waals surface area contributed by atoms with E-state index < -0.39 is 0 Å². The average molecular weight is 329 g/mol. The number of hydrogen-bond acceptors (Lipinski definition) is 3. The van der Waals surface area contributed by atoms with Crippen molar-refractivity contribution in [2.24, 2.45) is 0 Å². The normalized spacial score (nSPS) is 10.9. The molecule has 122 valence electrons. The Balaban J connectivity index is 1.65. The first-order valence-electron chi connectivity index (χ1n) is 7.98. The standard InChI is InChI=1S/C21H15NO3/c23-20(14-6-2-1-3-7-14)13-25-15-10-11-19-17(12-15)21(24)16-8-4-5-9-18(16)22-19/h1-12H,13H2,(H,22,24). The van der Waals surface area contributed by atoms with Crippen LogP contribution in [0.15, 0.2) is 77.6 Å². The molecule has 4 nitrogen and oxygen atoms in total. The summed E-state index contributed by atoms with van der Waals surface area (Å²) in [6.07, 6.45) is 0. The molecular formula is C21H15NO3. The minimum absolute atomic E-state index is 0.0517. The Bertz CT molecular complexity index is 1130. The third-order valence-corrected chi connectivity index (χ3v) is 4.14. The minimum atomic E-state index is -0.104. The number of ether oxygens (including phenoxy) is 1. The van der Waals surface area contributed by atoms with Crippen molar-refractivity contribution < 1.29 is 9.53 Å². The Morgan fingerprint density at radius 2 is 1.56 bits per heavy atom. The van der Waals surface area contributed by atoms with E-state index >= 15 is 0 Å². The highest BCUT2D eigenvalue weighted by atomic mass is 16.5. The lowest BCUT2D eigenvalue weighted by molar-refractivity contribution is 0.0921. The van der Waals surface area contributed by atoms with Gasteiger partial charge in [-0.25, -0.2) is 0 Å². The summed E-state index contributed by atoms with van der Waals surface area (Å²) in [5.41, 5.74) is 2.09. The molecule has 1 heterocycles. The number of aromatic nitrogens is 1. The van der Waals surface area contributed by atoms with Crippen LogP contribution < -0.4 is 10.2 Å². The van der Waals surface area contributed by atoms with Crippen LogP contribution in [0.25, 0.3) is 21.8 Å². The molecule has 4 heteroatoms. The Labute approximate surface area is 143 Å². The summed E-state index contributed by atoms with van der Waals surface area (Å²) in [7, 11) is 0. The Kier molecular flexibility index (Phi) is 3.78. The molecule has 0 atom stereocenters. The molecule has 4 aromatic rings. The van der Waals surface area contributed by atoms with Crippen LogP contribution in [0.2, 0.25) is 0 Å². The van der Waals surface area contributed by atoms with Gasteiger partial charge in [0.2, 0.25) is 0 Å². The first-order valence-corrected chi connectivity index (χ1v) is 7.98. The summed E-state index contributed by atoms with van der Waals surface area (Å²) in [4.78, 5) is 28.0. The molecule has 4 rings (SSSR count). The van der Waals surface area contributed by atoms with Gasteiger partial charge in [-0.15, -0.1) is 0 Å². The molecule has 0 fully saturated rings. The number of nitrogens with one attached hydrogen (secondary N) is 1. The zero-order chi connectivity index (χ0) is 17.2. The minimum Gasteiger partial charge on any atom is -0.485 e. The average Bonchev–Trinajstić information content (AvgIpc) is 2.67. The number of carbonyl (C=O) groups excluding carboxylic acids is 1. The Hall–Kier alpha value is -3.40. The third kappa shape index (κ3) is 2.90. The van der Waals surface area contributed by atoms with Crippen LogP contribution in [-0.4, -0.2) is 17.4 Å². The molecule has 0 aliphatic carbocycles. The van der Waals surface area contributed by atoms with E-state index in [0.717, 1.165) is 11.0 Å². The van der Waals surface area contributed by atoms with Crippen molar-refractivity contribution in [3.8, 4) is 5.75 Å². The first-order chi connectivity index (χ1) is 12.2. The number of Topliss-reactive ketones (excluding diaryl/α,β-unsaturated/α-hetero) is 1. The molecule has 25 heavy (non-hydrogen) atoms. The molecule has 0 bridgehead atoms. The van der Waals surface area contributed by atoms with Crippen LogP contribution in [0.5, 0.6) is 5.75 Å². The summed E-state index contributed by atoms with van der Waals surface area (Å²) in [6, 6.07) is 21.6. The van der Waals surface area contributed by atoms with Gasteiger partial charge in [-0.05, 0) is 30.3 Å². The van der Waals surface area contributed by atoms with Crippen molar-refractivity contribution in [3.05, 3.63) is 88.6 Å². The molecule has 0 spiro atoms. The van der Waals surface area contributed by atoms with Crippen LogP contribution in [0, 0.1) is 0 Å². The molecule has 1 aromatic heterocycles. The van der Waals surface area contributed by atoms with E-state index in [1.807, 2.05) is 36.4 Å². The van der Waals surface area contributed by atoms with E-state index in [1.165, 1.54) is 0 Å². The van der Waals surface area contributed by atoms with Crippen LogP contribution in [0.1, 0.15) is 10.4 Å². The maximum atomic E-state index is 12.7. The topological polar surface area (TPSA) is 59.2 Å². The summed E-state index contributed by atoms with van der Waals surface area (Å²) >= 11 is 0. The van der Waals surface area contributed by atoms with E-state index in [-0.39, 0.29) is 17.8 Å². The lowest BCUT2D eigenvalue weighted by Crippen LogP contribution is -2.12. The van der Waals surface area contributed by atoms with Crippen molar-refractivity contribution in [1.29, 1.82) is 0 Å². The van der Waals surface area contributed by atoms with Crippen molar-refractivity contribution >= 4 is 27.6 Å². The number of pyridine rings is 1. The lowest BCUT2D eigenvalue weighted by Gasteiger charge is -2.08. The maximum absolute atomic E-state index is 12.7. The fraction of sp³-hybridized carbons (Fsp3) is 0.0476. The highest BCUT2D eigenvalue weighted by molar-refractivity contribution is 5.97. The highest BCUT2D eigenvalue weighted by Crippen LogP contribution is 2.20. The van der Waals surface area contributed by atoms with Gasteiger partial charge in [-0.2, -0.15) is 0 Å². The Morgan fingerprint density at radius 3 is 2.40 bits per heavy atom. The van der Waals surface area contributed by atoms with E-state index in [4.69, 9.17) is 4.74 Å². The fourth-order valence-electron chi connectivity index (χ4n) is 2.85. The number of ketones is 1. The van der Waals surface area contributed by atoms with Gasteiger partial charge >= 0.3 is 0 Å². The number of H-pyrrole nitrogens is 1. The van der Waals surface area contributed by atoms with E-state index in [1.54, 1.807) is 36.4 Å². The number of benzene rings is 3. The molecule has 0 aliphatic rings. The molecule has 0 saturated heterocycles. The molecule has 3 aromatic carbocycles. The fourth-order valence-corrected chi connectivity index (χ4v) is 2.85. The molecule has 0 amide bonds. The van der Waals surface area contributed by atoms with Crippen molar-refractivity contribution in [2.75, 3.05) is 6.61 Å². The monoisotopic (exact) mass is 329 g/mol. The number of para-hydroxylation sites is 1. The number of rotatable bonds is 4. The van der Waals surface area contributed by atoms with Crippen LogP contribution >= 0.6 is 0 Å². The molecule has 0 radical (unpaired) electrons. The second-order valence-corrected chi connectivity index (χ2v) is 5.78. The number of hydrogen-bond donors (Lipinski definition) is 1. The molecule has 0 unspecified atom stereocenters. The van der Waals surface area contributed by atoms with E-state index in [0.29, 0.717) is 22.1 Å². The van der Waals surface area contributed by atoms with Crippen molar-refractivity contribution in [1.82, 2.24) is 4.98 Å². The van der Waals surface area contributed by atoms with Gasteiger partial charge in [-0.3, -0.25) is 9.59 Å². The lowest BCUT2D eigenvalue weighted by atomic mass is 10.1. The van der Waals surface area contributed by atoms with Crippen LogP contribution in [0.4, 0.5) is 0 Å². The largest absolute Gasteiger partial charge is 0.485 e. The second kappa shape index (κ2) is 6.24.